The quantitative estimate of drug-likeness (QED) is 0.682. The minimum absolute atomic E-state index is 0.253. The predicted octanol–water partition coefficient (Wildman–Crippen LogP) is 3.92. The Kier molecular flexibility index (Phi) is 3.33. The zero-order valence-electron chi connectivity index (χ0n) is 10.3. The molecule has 0 aliphatic carbocycles. The molecule has 0 saturated carbocycles. The van der Waals surface area contributed by atoms with Crippen molar-refractivity contribution in [2.24, 2.45) is 5.41 Å². The van der Waals surface area contributed by atoms with Crippen molar-refractivity contribution < 1.29 is 4.79 Å². The van der Waals surface area contributed by atoms with Crippen LogP contribution >= 0.6 is 0 Å². The molecule has 1 nitrogen and oxygen atoms in total. The second-order valence-electron chi connectivity index (χ2n) is 4.83. The predicted molar refractivity (Wildman–Crippen MR) is 64.3 cm³/mol. The number of ketones is 1. The molecule has 0 N–H and O–H groups in total. The van der Waals surface area contributed by atoms with Gasteiger partial charge in [-0.15, -0.1) is 0 Å². The van der Waals surface area contributed by atoms with E-state index in [-0.39, 0.29) is 11.2 Å². The van der Waals surface area contributed by atoms with Crippen molar-refractivity contribution in [2.75, 3.05) is 0 Å². The first-order valence-corrected chi connectivity index (χ1v) is 5.51. The van der Waals surface area contributed by atoms with Crippen molar-refractivity contribution in [3.63, 3.8) is 0 Å². The van der Waals surface area contributed by atoms with Gasteiger partial charge in [-0.25, -0.2) is 0 Å². The summed E-state index contributed by atoms with van der Waals surface area (Å²) in [5.74, 6) is 0.264. The maximum Gasteiger partial charge on any atom is 0.168 e. The minimum atomic E-state index is -0.253. The first kappa shape index (κ1) is 12.0. The number of benzene rings is 1. The Labute approximate surface area is 92.5 Å². The summed E-state index contributed by atoms with van der Waals surface area (Å²) in [4.78, 5) is 12.3. The smallest absolute Gasteiger partial charge is 0.168 e. The van der Waals surface area contributed by atoms with Crippen molar-refractivity contribution in [1.29, 1.82) is 0 Å². The lowest BCUT2D eigenvalue weighted by Gasteiger charge is -2.23. The van der Waals surface area contributed by atoms with E-state index < -0.39 is 0 Å². The fourth-order valence-corrected chi connectivity index (χ4v) is 1.67. The average molecular weight is 204 g/mol. The third-order valence-corrected chi connectivity index (χ3v) is 3.21. The number of rotatable bonds is 3. The van der Waals surface area contributed by atoms with E-state index in [9.17, 15) is 4.79 Å². The molecule has 0 unspecified atom stereocenters. The van der Waals surface area contributed by atoms with Crippen molar-refractivity contribution in [3.8, 4) is 0 Å². The molecule has 1 rings (SSSR count). The van der Waals surface area contributed by atoms with Gasteiger partial charge in [0.05, 0.1) is 0 Å². The van der Waals surface area contributed by atoms with Crippen LogP contribution < -0.4 is 0 Å². The van der Waals surface area contributed by atoms with E-state index in [1.54, 1.807) is 0 Å². The monoisotopic (exact) mass is 204 g/mol. The van der Waals surface area contributed by atoms with Crippen LogP contribution in [0.25, 0.3) is 0 Å². The Morgan fingerprint density at radius 2 is 1.67 bits per heavy atom. The summed E-state index contributed by atoms with van der Waals surface area (Å²) in [6, 6.07) is 6.01. The molecule has 0 bridgehead atoms. The van der Waals surface area contributed by atoms with Gasteiger partial charge < -0.3 is 0 Å². The van der Waals surface area contributed by atoms with Gasteiger partial charge in [0, 0.05) is 11.0 Å². The molecule has 15 heavy (non-hydrogen) atoms. The number of Topliss-reactive ketones (excluding diaryl/α,β-unsaturated/α-hetero) is 1. The third kappa shape index (κ3) is 2.28. The van der Waals surface area contributed by atoms with Gasteiger partial charge in [-0.05, 0) is 31.4 Å². The molecule has 0 aromatic heterocycles. The van der Waals surface area contributed by atoms with Crippen molar-refractivity contribution in [3.05, 3.63) is 34.9 Å². The number of carbonyl (C=O) groups excluding carboxylic acids is 1. The number of hydrogen-bond acceptors (Lipinski definition) is 1. The van der Waals surface area contributed by atoms with E-state index in [4.69, 9.17) is 0 Å². The van der Waals surface area contributed by atoms with E-state index in [0.717, 1.165) is 23.1 Å². The number of hydrogen-bond donors (Lipinski definition) is 0. The van der Waals surface area contributed by atoms with E-state index in [0.29, 0.717) is 0 Å². The normalized spacial score (nSPS) is 11.5. The largest absolute Gasteiger partial charge is 0.294 e. The molecule has 0 fully saturated rings. The minimum Gasteiger partial charge on any atom is -0.294 e. The molecule has 1 aromatic carbocycles. The molecule has 0 radical (unpaired) electrons. The second-order valence-corrected chi connectivity index (χ2v) is 4.83. The molecule has 0 spiro atoms. The Morgan fingerprint density at radius 1 is 1.20 bits per heavy atom. The first-order chi connectivity index (χ1) is 6.90. The lowest BCUT2D eigenvalue weighted by Crippen LogP contribution is -2.24. The zero-order chi connectivity index (χ0) is 11.6. The van der Waals surface area contributed by atoms with E-state index in [2.05, 4.69) is 6.92 Å². The Bertz CT molecular complexity index is 355. The fraction of sp³-hybridized carbons (Fsp3) is 0.500. The highest BCUT2D eigenvalue weighted by atomic mass is 16.1. The van der Waals surface area contributed by atoms with Crippen molar-refractivity contribution >= 4 is 5.78 Å². The Hall–Kier alpha value is -1.11. The number of aryl methyl sites for hydroxylation is 2. The summed E-state index contributed by atoms with van der Waals surface area (Å²) in [7, 11) is 0. The average Bonchev–Trinajstić information content (AvgIpc) is 2.17. The van der Waals surface area contributed by atoms with Crippen LogP contribution in [0.4, 0.5) is 0 Å². The molecule has 82 valence electrons. The van der Waals surface area contributed by atoms with Crippen LogP contribution in [0.2, 0.25) is 0 Å². The Balaban J connectivity index is 3.23. The van der Waals surface area contributed by atoms with Crippen molar-refractivity contribution in [2.45, 2.75) is 41.0 Å². The van der Waals surface area contributed by atoms with Gasteiger partial charge in [-0.2, -0.15) is 0 Å². The molecule has 0 aliphatic rings. The number of carbonyl (C=O) groups is 1. The van der Waals surface area contributed by atoms with E-state index in [1.807, 2.05) is 45.9 Å². The van der Waals surface area contributed by atoms with Crippen LogP contribution in [0, 0.1) is 19.3 Å². The van der Waals surface area contributed by atoms with Crippen molar-refractivity contribution in [1.82, 2.24) is 0 Å². The van der Waals surface area contributed by atoms with Crippen LogP contribution in [0.1, 0.15) is 48.7 Å². The summed E-state index contributed by atoms with van der Waals surface area (Å²) < 4.78 is 0. The molecule has 0 aliphatic heterocycles. The highest BCUT2D eigenvalue weighted by Gasteiger charge is 2.28. The lowest BCUT2D eigenvalue weighted by molar-refractivity contribution is 0.0831. The molecular formula is C14H20O. The maximum absolute atomic E-state index is 12.3. The summed E-state index contributed by atoms with van der Waals surface area (Å²) in [6.45, 7) is 10.1. The third-order valence-electron chi connectivity index (χ3n) is 3.21. The summed E-state index contributed by atoms with van der Waals surface area (Å²) >= 11 is 0. The van der Waals surface area contributed by atoms with Gasteiger partial charge in [0.2, 0.25) is 0 Å². The van der Waals surface area contributed by atoms with Gasteiger partial charge in [-0.3, -0.25) is 4.79 Å². The van der Waals surface area contributed by atoms with Gasteiger partial charge >= 0.3 is 0 Å². The molecule has 0 atom stereocenters. The fourth-order valence-electron chi connectivity index (χ4n) is 1.67. The molecule has 0 heterocycles. The molecule has 0 saturated heterocycles. The van der Waals surface area contributed by atoms with Gasteiger partial charge in [0.1, 0.15) is 0 Å². The summed E-state index contributed by atoms with van der Waals surface area (Å²) in [5.41, 5.74) is 2.82. The van der Waals surface area contributed by atoms with Crippen LogP contribution in [-0.2, 0) is 0 Å². The summed E-state index contributed by atoms with van der Waals surface area (Å²) in [6.07, 6.45) is 0.875. The standard InChI is InChI=1S/C14H20O/c1-6-14(4,5)13(15)12-10(2)8-7-9-11(12)3/h7-9H,6H2,1-5H3. The molecule has 1 aromatic rings. The highest BCUT2D eigenvalue weighted by Crippen LogP contribution is 2.28. The molecular weight excluding hydrogens is 184 g/mol. The molecule has 0 amide bonds. The van der Waals surface area contributed by atoms with Gasteiger partial charge in [0.15, 0.2) is 5.78 Å². The highest BCUT2D eigenvalue weighted by molar-refractivity contribution is 6.02. The second kappa shape index (κ2) is 4.18. The van der Waals surface area contributed by atoms with Crippen LogP contribution in [-0.4, -0.2) is 5.78 Å². The lowest BCUT2D eigenvalue weighted by atomic mass is 9.79. The zero-order valence-corrected chi connectivity index (χ0v) is 10.3. The Morgan fingerprint density at radius 3 is 2.07 bits per heavy atom. The van der Waals surface area contributed by atoms with E-state index in [1.165, 1.54) is 0 Å². The van der Waals surface area contributed by atoms with Crippen LogP contribution in [0.3, 0.4) is 0 Å². The SMILES string of the molecule is CCC(C)(C)C(=O)c1c(C)cccc1C. The van der Waals surface area contributed by atoms with Gasteiger partial charge in [-0.1, -0.05) is 39.0 Å². The maximum atomic E-state index is 12.3. The topological polar surface area (TPSA) is 17.1 Å². The van der Waals surface area contributed by atoms with E-state index >= 15 is 0 Å². The van der Waals surface area contributed by atoms with Crippen LogP contribution in [0.5, 0.6) is 0 Å². The van der Waals surface area contributed by atoms with Crippen LogP contribution in [0.15, 0.2) is 18.2 Å². The first-order valence-electron chi connectivity index (χ1n) is 5.51. The summed E-state index contributed by atoms with van der Waals surface area (Å²) in [5, 5.41) is 0. The van der Waals surface area contributed by atoms with Gasteiger partial charge in [0.25, 0.3) is 0 Å². The molecule has 1 heteroatoms.